The Morgan fingerprint density at radius 3 is 2.48 bits per heavy atom. The van der Waals surface area contributed by atoms with Gasteiger partial charge in [0.1, 0.15) is 0 Å². The molecule has 1 aliphatic rings. The monoisotopic (exact) mass is 325 g/mol. The summed E-state index contributed by atoms with van der Waals surface area (Å²) in [6, 6.07) is 17.2. The van der Waals surface area contributed by atoms with Crippen LogP contribution >= 0.6 is 0 Å². The van der Waals surface area contributed by atoms with E-state index in [9.17, 15) is 9.59 Å². The molecule has 0 unspecified atom stereocenters. The van der Waals surface area contributed by atoms with Gasteiger partial charge in [0.25, 0.3) is 0 Å². The number of aromatic nitrogens is 1. The highest BCUT2D eigenvalue weighted by Crippen LogP contribution is 2.29. The number of aromatic amines is 1. The quantitative estimate of drug-likeness (QED) is 0.435. The Kier molecular flexibility index (Phi) is 2.78. The van der Waals surface area contributed by atoms with Gasteiger partial charge in [-0.05, 0) is 48.7 Å². The van der Waals surface area contributed by atoms with Gasteiger partial charge < -0.3 is 4.98 Å². The molecule has 120 valence electrons. The van der Waals surface area contributed by atoms with Gasteiger partial charge >= 0.3 is 0 Å². The standard InChI is InChI=1S/C22H15NO2/c1-12-6-7-19-17(8-12)22(25)18-10-14-9-13-4-2-3-5-15(13)21(24)16(14)11-20(18)23-19/h2-8,10-11H,9H2,1H3,(H,23,25). The van der Waals surface area contributed by atoms with E-state index >= 15 is 0 Å². The van der Waals surface area contributed by atoms with Crippen molar-refractivity contribution in [2.24, 2.45) is 0 Å². The van der Waals surface area contributed by atoms with Gasteiger partial charge in [0.05, 0.1) is 5.52 Å². The maximum absolute atomic E-state index is 12.9. The maximum atomic E-state index is 12.9. The second-order valence-electron chi connectivity index (χ2n) is 6.72. The minimum atomic E-state index is 0.0153. The fourth-order valence-corrected chi connectivity index (χ4v) is 3.78. The third-order valence-electron chi connectivity index (χ3n) is 5.06. The molecule has 1 aromatic heterocycles. The van der Waals surface area contributed by atoms with Crippen LogP contribution in [0.15, 0.2) is 59.4 Å². The number of ketones is 1. The number of rotatable bonds is 0. The Balaban J connectivity index is 1.85. The molecule has 4 aromatic rings. The molecule has 0 bridgehead atoms. The molecule has 1 heterocycles. The average Bonchev–Trinajstić information content (AvgIpc) is 2.62. The molecule has 0 saturated heterocycles. The first kappa shape index (κ1) is 14.2. The molecular weight excluding hydrogens is 310 g/mol. The number of pyridine rings is 1. The lowest BCUT2D eigenvalue weighted by molar-refractivity contribution is 0.103. The first-order valence-corrected chi connectivity index (χ1v) is 8.34. The third-order valence-corrected chi connectivity index (χ3v) is 5.06. The van der Waals surface area contributed by atoms with Crippen molar-refractivity contribution in [2.75, 3.05) is 0 Å². The number of benzene rings is 3. The summed E-state index contributed by atoms with van der Waals surface area (Å²) in [6.45, 7) is 1.98. The minimum absolute atomic E-state index is 0.0153. The van der Waals surface area contributed by atoms with E-state index in [0.29, 0.717) is 28.3 Å². The summed E-state index contributed by atoms with van der Waals surface area (Å²) in [7, 11) is 0. The van der Waals surface area contributed by atoms with Crippen molar-refractivity contribution >= 4 is 27.6 Å². The van der Waals surface area contributed by atoms with Crippen LogP contribution in [0.1, 0.15) is 32.6 Å². The van der Waals surface area contributed by atoms with E-state index in [2.05, 4.69) is 4.98 Å². The number of hydrogen-bond acceptors (Lipinski definition) is 2. The topological polar surface area (TPSA) is 49.9 Å². The van der Waals surface area contributed by atoms with E-state index in [1.165, 1.54) is 0 Å². The zero-order chi connectivity index (χ0) is 17.1. The molecule has 1 N–H and O–H groups in total. The number of carbonyl (C=O) groups is 1. The molecule has 0 amide bonds. The van der Waals surface area contributed by atoms with Crippen LogP contribution in [-0.4, -0.2) is 10.8 Å². The lowest BCUT2D eigenvalue weighted by Crippen LogP contribution is -2.16. The molecule has 0 saturated carbocycles. The predicted molar refractivity (Wildman–Crippen MR) is 99.5 cm³/mol. The SMILES string of the molecule is Cc1ccc2[nH]c3cc4c(cc3c(=O)c2c1)Cc1ccccc1C4=O. The first-order valence-electron chi connectivity index (χ1n) is 8.34. The van der Waals surface area contributed by atoms with Gasteiger partial charge in [0.15, 0.2) is 11.2 Å². The predicted octanol–water partition coefficient (Wildman–Crippen LogP) is 4.12. The molecule has 0 atom stereocenters. The van der Waals surface area contributed by atoms with Crippen molar-refractivity contribution in [1.29, 1.82) is 0 Å². The maximum Gasteiger partial charge on any atom is 0.197 e. The highest BCUT2D eigenvalue weighted by atomic mass is 16.1. The molecule has 0 spiro atoms. The van der Waals surface area contributed by atoms with E-state index in [4.69, 9.17) is 0 Å². The molecule has 5 rings (SSSR count). The summed E-state index contributed by atoms with van der Waals surface area (Å²) in [6.07, 6.45) is 0.679. The average molecular weight is 325 g/mol. The van der Waals surface area contributed by atoms with Crippen LogP contribution in [0.3, 0.4) is 0 Å². The smallest absolute Gasteiger partial charge is 0.197 e. The number of aryl methyl sites for hydroxylation is 1. The van der Waals surface area contributed by atoms with Crippen LogP contribution in [0.2, 0.25) is 0 Å². The van der Waals surface area contributed by atoms with Crippen molar-refractivity contribution < 1.29 is 4.79 Å². The van der Waals surface area contributed by atoms with E-state index in [0.717, 1.165) is 27.8 Å². The van der Waals surface area contributed by atoms with Crippen molar-refractivity contribution in [2.45, 2.75) is 13.3 Å². The minimum Gasteiger partial charge on any atom is -0.354 e. The lowest BCUT2D eigenvalue weighted by atomic mass is 9.84. The number of hydrogen-bond donors (Lipinski definition) is 1. The third kappa shape index (κ3) is 1.99. The fourth-order valence-electron chi connectivity index (χ4n) is 3.78. The fraction of sp³-hybridized carbons (Fsp3) is 0.0909. The molecule has 3 heteroatoms. The summed E-state index contributed by atoms with van der Waals surface area (Å²) in [5.41, 5.74) is 5.98. The zero-order valence-corrected chi connectivity index (χ0v) is 13.7. The number of fused-ring (bicyclic) bond motifs is 4. The van der Waals surface area contributed by atoms with Crippen LogP contribution in [0, 0.1) is 6.92 Å². The van der Waals surface area contributed by atoms with Gasteiger partial charge in [-0.25, -0.2) is 0 Å². The van der Waals surface area contributed by atoms with Gasteiger partial charge in [-0.2, -0.15) is 0 Å². The Morgan fingerprint density at radius 1 is 0.800 bits per heavy atom. The molecular formula is C22H15NO2. The van der Waals surface area contributed by atoms with Gasteiger partial charge in [-0.1, -0.05) is 35.9 Å². The van der Waals surface area contributed by atoms with E-state index in [1.54, 1.807) is 0 Å². The van der Waals surface area contributed by atoms with Crippen LogP contribution < -0.4 is 5.43 Å². The molecule has 3 aromatic carbocycles. The molecule has 3 nitrogen and oxygen atoms in total. The lowest BCUT2D eigenvalue weighted by Gasteiger charge is -2.19. The van der Waals surface area contributed by atoms with Crippen molar-refractivity contribution in [1.82, 2.24) is 4.98 Å². The normalized spacial score (nSPS) is 13.1. The molecule has 0 aliphatic heterocycles. The van der Waals surface area contributed by atoms with Crippen LogP contribution in [0.4, 0.5) is 0 Å². The van der Waals surface area contributed by atoms with E-state index < -0.39 is 0 Å². The molecule has 0 fully saturated rings. The van der Waals surface area contributed by atoms with Gasteiger partial charge in [0, 0.05) is 27.4 Å². The van der Waals surface area contributed by atoms with Crippen LogP contribution in [-0.2, 0) is 6.42 Å². The van der Waals surface area contributed by atoms with E-state index in [-0.39, 0.29) is 11.2 Å². The highest BCUT2D eigenvalue weighted by molar-refractivity contribution is 6.14. The van der Waals surface area contributed by atoms with Crippen molar-refractivity contribution in [3.63, 3.8) is 0 Å². The van der Waals surface area contributed by atoms with Crippen LogP contribution in [0.5, 0.6) is 0 Å². The van der Waals surface area contributed by atoms with Crippen molar-refractivity contribution in [3.8, 4) is 0 Å². The second kappa shape index (κ2) is 4.90. The summed E-state index contributed by atoms with van der Waals surface area (Å²) in [5.74, 6) is 0.0311. The van der Waals surface area contributed by atoms with Gasteiger partial charge in [0.2, 0.25) is 0 Å². The summed E-state index contributed by atoms with van der Waals surface area (Å²) in [4.78, 5) is 29.1. The number of H-pyrrole nitrogens is 1. The summed E-state index contributed by atoms with van der Waals surface area (Å²) >= 11 is 0. The Hall–Kier alpha value is -3.20. The van der Waals surface area contributed by atoms with Gasteiger partial charge in [-0.15, -0.1) is 0 Å². The van der Waals surface area contributed by atoms with Crippen molar-refractivity contribution in [3.05, 3.63) is 92.6 Å². The number of carbonyl (C=O) groups excluding carboxylic acids is 1. The largest absolute Gasteiger partial charge is 0.354 e. The van der Waals surface area contributed by atoms with E-state index in [1.807, 2.05) is 61.5 Å². The van der Waals surface area contributed by atoms with Gasteiger partial charge in [-0.3, -0.25) is 9.59 Å². The molecule has 0 radical (unpaired) electrons. The van der Waals surface area contributed by atoms with Crippen LogP contribution in [0.25, 0.3) is 21.8 Å². The summed E-state index contributed by atoms with van der Waals surface area (Å²) in [5, 5.41) is 1.33. The Bertz CT molecular complexity index is 1260. The molecule has 25 heavy (non-hydrogen) atoms. The number of nitrogens with one attached hydrogen (secondary N) is 1. The zero-order valence-electron chi connectivity index (χ0n) is 13.7. The Morgan fingerprint density at radius 2 is 1.60 bits per heavy atom. The summed E-state index contributed by atoms with van der Waals surface area (Å²) < 4.78 is 0. The highest BCUT2D eigenvalue weighted by Gasteiger charge is 2.24. The molecule has 1 aliphatic carbocycles. The Labute approximate surface area is 143 Å². The first-order chi connectivity index (χ1) is 12.1. The second-order valence-corrected chi connectivity index (χ2v) is 6.72.